The smallest absolute Gasteiger partial charge is 0.123 e. The third-order valence-electron chi connectivity index (χ3n) is 1.95. The molecule has 64 valence electrons. The molecular formula is C8H8FNOS. The van der Waals surface area contributed by atoms with E-state index >= 15 is 0 Å². The van der Waals surface area contributed by atoms with Crippen molar-refractivity contribution in [3.05, 3.63) is 29.6 Å². The maximum Gasteiger partial charge on any atom is 0.123 e. The first-order valence-electron chi connectivity index (χ1n) is 3.62. The van der Waals surface area contributed by atoms with Crippen LogP contribution in [0.1, 0.15) is 11.6 Å². The van der Waals surface area contributed by atoms with Gasteiger partial charge in [0.2, 0.25) is 0 Å². The van der Waals surface area contributed by atoms with Gasteiger partial charge in [-0.1, -0.05) is 0 Å². The highest BCUT2D eigenvalue weighted by molar-refractivity contribution is 7.85. The minimum absolute atomic E-state index is 0.267. The van der Waals surface area contributed by atoms with Gasteiger partial charge in [0.05, 0.1) is 10.8 Å². The fourth-order valence-electron chi connectivity index (χ4n) is 1.36. The van der Waals surface area contributed by atoms with Crippen molar-refractivity contribution in [2.75, 3.05) is 5.75 Å². The molecule has 1 aliphatic rings. The summed E-state index contributed by atoms with van der Waals surface area (Å²) in [6.45, 7) is 0. The van der Waals surface area contributed by atoms with E-state index < -0.39 is 10.8 Å². The van der Waals surface area contributed by atoms with Gasteiger partial charge in [-0.2, -0.15) is 0 Å². The molecule has 1 heterocycles. The number of halogens is 1. The van der Waals surface area contributed by atoms with E-state index in [1.54, 1.807) is 6.07 Å². The summed E-state index contributed by atoms with van der Waals surface area (Å²) in [4.78, 5) is 0.684. The van der Waals surface area contributed by atoms with E-state index in [1.807, 2.05) is 0 Å². The molecule has 0 saturated heterocycles. The van der Waals surface area contributed by atoms with Crippen LogP contribution < -0.4 is 5.73 Å². The average molecular weight is 185 g/mol. The highest BCUT2D eigenvalue weighted by atomic mass is 32.2. The van der Waals surface area contributed by atoms with Crippen molar-refractivity contribution >= 4 is 10.8 Å². The Morgan fingerprint density at radius 3 is 3.08 bits per heavy atom. The lowest BCUT2D eigenvalue weighted by atomic mass is 10.1. The van der Waals surface area contributed by atoms with Crippen LogP contribution in [0.4, 0.5) is 4.39 Å². The molecule has 0 saturated carbocycles. The Bertz CT molecular complexity index is 353. The Balaban J connectivity index is 2.60. The topological polar surface area (TPSA) is 43.1 Å². The van der Waals surface area contributed by atoms with Gasteiger partial charge in [-0.15, -0.1) is 0 Å². The standard InChI is InChI=1S/C8H8FNOS/c9-5-1-2-8-6(3-5)7(10)4-12(8)11/h1-3,7H,4,10H2. The van der Waals surface area contributed by atoms with Crippen LogP contribution in [0, 0.1) is 5.82 Å². The Morgan fingerprint density at radius 1 is 1.58 bits per heavy atom. The molecule has 0 spiro atoms. The summed E-state index contributed by atoms with van der Waals surface area (Å²) in [6, 6.07) is 3.96. The first-order valence-corrected chi connectivity index (χ1v) is 4.94. The monoisotopic (exact) mass is 185 g/mol. The Kier molecular flexibility index (Phi) is 1.73. The molecule has 0 aromatic heterocycles. The molecule has 2 atom stereocenters. The third kappa shape index (κ3) is 1.07. The summed E-state index contributed by atoms with van der Waals surface area (Å²) in [5, 5.41) is 0. The predicted molar refractivity (Wildman–Crippen MR) is 44.6 cm³/mol. The van der Waals surface area contributed by atoms with Crippen LogP contribution in [0.5, 0.6) is 0 Å². The lowest BCUT2D eigenvalue weighted by Crippen LogP contribution is -2.10. The first-order chi connectivity index (χ1) is 5.68. The van der Waals surface area contributed by atoms with Crippen LogP contribution in [0.3, 0.4) is 0 Å². The van der Waals surface area contributed by atoms with E-state index in [2.05, 4.69) is 0 Å². The van der Waals surface area contributed by atoms with Gasteiger partial charge < -0.3 is 5.73 Å². The van der Waals surface area contributed by atoms with Crippen LogP contribution in [0.2, 0.25) is 0 Å². The molecule has 2 N–H and O–H groups in total. The number of fused-ring (bicyclic) bond motifs is 1. The quantitative estimate of drug-likeness (QED) is 0.653. The first kappa shape index (κ1) is 7.89. The fourth-order valence-corrected chi connectivity index (χ4v) is 2.74. The van der Waals surface area contributed by atoms with Gasteiger partial charge in [-0.05, 0) is 23.8 Å². The molecule has 0 amide bonds. The van der Waals surface area contributed by atoms with Crippen LogP contribution in [-0.4, -0.2) is 9.96 Å². The molecule has 4 heteroatoms. The molecule has 0 bridgehead atoms. The van der Waals surface area contributed by atoms with E-state index in [9.17, 15) is 8.60 Å². The van der Waals surface area contributed by atoms with Crippen molar-refractivity contribution in [2.45, 2.75) is 10.9 Å². The van der Waals surface area contributed by atoms with Crippen molar-refractivity contribution in [2.24, 2.45) is 5.73 Å². The van der Waals surface area contributed by atoms with Crippen LogP contribution in [0.25, 0.3) is 0 Å². The summed E-state index contributed by atoms with van der Waals surface area (Å²) in [5.41, 5.74) is 6.33. The van der Waals surface area contributed by atoms with Gasteiger partial charge in [0.15, 0.2) is 0 Å². The molecular weight excluding hydrogens is 177 g/mol. The number of hydrogen-bond donors (Lipinski definition) is 1. The van der Waals surface area contributed by atoms with Crippen molar-refractivity contribution in [1.82, 2.24) is 0 Å². The van der Waals surface area contributed by atoms with Crippen LogP contribution in [0.15, 0.2) is 23.1 Å². The Hall–Kier alpha value is -0.740. The maximum absolute atomic E-state index is 12.7. The second-order valence-electron chi connectivity index (χ2n) is 2.80. The van der Waals surface area contributed by atoms with E-state index in [0.29, 0.717) is 16.2 Å². The second-order valence-corrected chi connectivity index (χ2v) is 4.27. The second kappa shape index (κ2) is 2.64. The fraction of sp³-hybridized carbons (Fsp3) is 0.250. The molecule has 1 aliphatic heterocycles. The highest BCUT2D eigenvalue weighted by Crippen LogP contribution is 2.29. The molecule has 0 fully saturated rings. The SMILES string of the molecule is NC1CS(=O)c2ccc(F)cc21. The molecule has 2 rings (SSSR count). The van der Waals surface area contributed by atoms with E-state index in [1.165, 1.54) is 12.1 Å². The zero-order valence-corrected chi connectivity index (χ0v) is 7.10. The number of benzene rings is 1. The van der Waals surface area contributed by atoms with Gasteiger partial charge in [0.25, 0.3) is 0 Å². The molecule has 1 aromatic carbocycles. The lowest BCUT2D eigenvalue weighted by Gasteiger charge is -2.01. The third-order valence-corrected chi connectivity index (χ3v) is 3.47. The average Bonchev–Trinajstić information content (AvgIpc) is 2.28. The zero-order valence-electron chi connectivity index (χ0n) is 6.29. The maximum atomic E-state index is 12.7. The number of nitrogens with two attached hydrogens (primary N) is 1. The highest BCUT2D eigenvalue weighted by Gasteiger charge is 2.25. The van der Waals surface area contributed by atoms with Crippen molar-refractivity contribution < 1.29 is 8.60 Å². The van der Waals surface area contributed by atoms with Crippen LogP contribution in [-0.2, 0) is 10.8 Å². The van der Waals surface area contributed by atoms with Crippen LogP contribution >= 0.6 is 0 Å². The summed E-state index contributed by atoms with van der Waals surface area (Å²) < 4.78 is 24.0. The van der Waals surface area contributed by atoms with E-state index in [-0.39, 0.29) is 11.9 Å². The molecule has 2 nitrogen and oxygen atoms in total. The Morgan fingerprint density at radius 2 is 2.33 bits per heavy atom. The largest absolute Gasteiger partial charge is 0.323 e. The Labute approximate surface area is 72.0 Å². The summed E-state index contributed by atoms with van der Waals surface area (Å²) in [6.07, 6.45) is 0. The molecule has 2 unspecified atom stereocenters. The van der Waals surface area contributed by atoms with Gasteiger partial charge in [-0.3, -0.25) is 4.21 Å². The predicted octanol–water partition coefficient (Wildman–Crippen LogP) is 0.947. The molecule has 0 radical (unpaired) electrons. The summed E-state index contributed by atoms with van der Waals surface area (Å²) in [7, 11) is -1.03. The zero-order chi connectivity index (χ0) is 8.72. The molecule has 12 heavy (non-hydrogen) atoms. The van der Waals surface area contributed by atoms with Crippen molar-refractivity contribution in [3.8, 4) is 0 Å². The van der Waals surface area contributed by atoms with E-state index in [0.717, 1.165) is 0 Å². The normalized spacial score (nSPS) is 27.2. The van der Waals surface area contributed by atoms with E-state index in [4.69, 9.17) is 5.73 Å². The number of hydrogen-bond acceptors (Lipinski definition) is 2. The van der Waals surface area contributed by atoms with Gasteiger partial charge in [0.1, 0.15) is 5.82 Å². The summed E-state index contributed by atoms with van der Waals surface area (Å²) >= 11 is 0. The van der Waals surface area contributed by atoms with Crippen molar-refractivity contribution in [1.29, 1.82) is 0 Å². The number of rotatable bonds is 0. The van der Waals surface area contributed by atoms with Gasteiger partial charge >= 0.3 is 0 Å². The lowest BCUT2D eigenvalue weighted by molar-refractivity contribution is 0.621. The minimum Gasteiger partial charge on any atom is -0.323 e. The molecule has 1 aromatic rings. The van der Waals surface area contributed by atoms with Gasteiger partial charge in [-0.25, -0.2) is 4.39 Å². The molecule has 0 aliphatic carbocycles. The summed E-state index contributed by atoms with van der Waals surface area (Å²) in [5.74, 6) is 0.0989. The van der Waals surface area contributed by atoms with Gasteiger partial charge in [0, 0.05) is 16.7 Å². The minimum atomic E-state index is -1.03. The van der Waals surface area contributed by atoms with Crippen molar-refractivity contribution in [3.63, 3.8) is 0 Å².